The van der Waals surface area contributed by atoms with Gasteiger partial charge in [-0.05, 0) is 19.9 Å². The topological polar surface area (TPSA) is 127 Å². The molecule has 28 heavy (non-hydrogen) atoms. The summed E-state index contributed by atoms with van der Waals surface area (Å²) >= 11 is 6.40. The number of amides is 1. The van der Waals surface area contributed by atoms with Crippen LogP contribution < -0.4 is 5.32 Å². The lowest BCUT2D eigenvalue weighted by atomic mass is 10.1. The molecule has 0 unspecified atom stereocenters. The Kier molecular flexibility index (Phi) is 8.58. The second-order valence-electron chi connectivity index (χ2n) is 7.51. The molecule has 0 aliphatic rings. The number of nitrogens with zero attached hydrogens (tertiary/aromatic N) is 2. The summed E-state index contributed by atoms with van der Waals surface area (Å²) in [5, 5.41) is 16.9. The fraction of sp³-hybridized carbons (Fsp3) is 0.562. The molecule has 0 saturated heterocycles. The number of oxime groups is 1. The molecule has 0 aromatic carbocycles. The van der Waals surface area contributed by atoms with E-state index in [1.807, 2.05) is 0 Å². The van der Waals surface area contributed by atoms with E-state index in [2.05, 4.69) is 35.1 Å². The van der Waals surface area contributed by atoms with Crippen LogP contribution in [0.4, 0.5) is 5.13 Å². The third kappa shape index (κ3) is 7.95. The Labute approximate surface area is 173 Å². The highest BCUT2D eigenvalue weighted by atomic mass is 35.5. The number of ether oxygens (including phenoxy) is 1. The molecule has 0 aliphatic carbocycles. The van der Waals surface area contributed by atoms with Crippen molar-refractivity contribution >= 4 is 59.7 Å². The van der Waals surface area contributed by atoms with Crippen LogP contribution in [0, 0.1) is 0 Å². The third-order valence-electron chi connectivity index (χ3n) is 3.26. The van der Waals surface area contributed by atoms with Gasteiger partial charge in [-0.15, -0.1) is 22.9 Å². The molecule has 0 spiro atoms. The standard InChI is InChI=1S/C16H24ClN3O6SSi/c1-16(2,14(24)25-6-7-28(3,4)5)26-20-12(13(22)23)10-9-27-15(18-10)19-11(21)8-17/h9H,6-8H2,1-5H3,(H,22,23)(H,18,19,21)/b20-12+. The summed E-state index contributed by atoms with van der Waals surface area (Å²) in [5.41, 5.74) is -2.01. The average Bonchev–Trinajstić information content (AvgIpc) is 3.01. The summed E-state index contributed by atoms with van der Waals surface area (Å²) in [4.78, 5) is 44.1. The van der Waals surface area contributed by atoms with Gasteiger partial charge in [0, 0.05) is 13.5 Å². The number of carbonyl (C=O) groups excluding carboxylic acids is 2. The van der Waals surface area contributed by atoms with E-state index in [0.717, 1.165) is 17.4 Å². The van der Waals surface area contributed by atoms with Crippen LogP contribution in [0.2, 0.25) is 25.7 Å². The first-order chi connectivity index (χ1) is 12.9. The number of halogens is 1. The quantitative estimate of drug-likeness (QED) is 0.185. The largest absolute Gasteiger partial charge is 0.476 e. The van der Waals surface area contributed by atoms with E-state index in [0.29, 0.717) is 0 Å². The first-order valence-electron chi connectivity index (χ1n) is 8.34. The molecular formula is C16H24ClN3O6SSi. The lowest BCUT2D eigenvalue weighted by molar-refractivity contribution is -0.167. The number of nitrogens with one attached hydrogen (secondary N) is 1. The SMILES string of the molecule is CC(C)(O/N=C(/C(=O)O)c1csc(NC(=O)CCl)n1)C(=O)OCC[Si](C)(C)C. The molecule has 2 N–H and O–H groups in total. The number of rotatable bonds is 10. The van der Waals surface area contributed by atoms with Crippen LogP contribution in [-0.4, -0.2) is 59.8 Å². The molecule has 0 saturated carbocycles. The first-order valence-corrected chi connectivity index (χ1v) is 13.5. The molecule has 0 bridgehead atoms. The van der Waals surface area contributed by atoms with Gasteiger partial charge in [0.05, 0.1) is 6.61 Å². The van der Waals surface area contributed by atoms with Gasteiger partial charge in [-0.1, -0.05) is 24.8 Å². The van der Waals surface area contributed by atoms with Crippen LogP contribution in [-0.2, 0) is 24.0 Å². The number of hydrogen-bond donors (Lipinski definition) is 2. The van der Waals surface area contributed by atoms with Crippen molar-refractivity contribution in [2.45, 2.75) is 45.1 Å². The number of carboxylic acids is 1. The molecule has 156 valence electrons. The summed E-state index contributed by atoms with van der Waals surface area (Å²) in [6.45, 7) is 9.60. The lowest BCUT2D eigenvalue weighted by Crippen LogP contribution is -2.37. The van der Waals surface area contributed by atoms with Crippen molar-refractivity contribution in [3.05, 3.63) is 11.1 Å². The molecule has 1 aromatic heterocycles. The maximum absolute atomic E-state index is 12.2. The molecule has 9 nitrogen and oxygen atoms in total. The van der Waals surface area contributed by atoms with Crippen molar-refractivity contribution in [3.63, 3.8) is 0 Å². The summed E-state index contributed by atoms with van der Waals surface area (Å²) in [6.07, 6.45) is 0. The van der Waals surface area contributed by atoms with E-state index in [9.17, 15) is 19.5 Å². The Bertz CT molecular complexity index is 760. The monoisotopic (exact) mass is 449 g/mol. The second kappa shape index (κ2) is 9.98. The molecule has 1 heterocycles. The van der Waals surface area contributed by atoms with Crippen LogP contribution in [0.15, 0.2) is 10.5 Å². The fourth-order valence-corrected chi connectivity index (χ4v) is 3.10. The molecule has 0 atom stereocenters. The molecule has 0 aliphatic heterocycles. The molecule has 1 amide bonds. The van der Waals surface area contributed by atoms with Crippen molar-refractivity contribution in [1.82, 2.24) is 4.98 Å². The predicted octanol–water partition coefficient (Wildman–Crippen LogP) is 2.79. The van der Waals surface area contributed by atoms with E-state index in [-0.39, 0.29) is 23.3 Å². The van der Waals surface area contributed by atoms with Gasteiger partial charge in [-0.25, -0.2) is 14.6 Å². The molecular weight excluding hydrogens is 426 g/mol. The van der Waals surface area contributed by atoms with Crippen LogP contribution >= 0.6 is 22.9 Å². The number of hydrogen-bond acceptors (Lipinski definition) is 8. The van der Waals surface area contributed by atoms with Gasteiger partial charge in [0.1, 0.15) is 11.6 Å². The highest BCUT2D eigenvalue weighted by Gasteiger charge is 2.33. The van der Waals surface area contributed by atoms with E-state index in [1.54, 1.807) is 0 Å². The zero-order chi connectivity index (χ0) is 21.5. The van der Waals surface area contributed by atoms with Crippen molar-refractivity contribution in [2.75, 3.05) is 17.8 Å². The second-order valence-corrected chi connectivity index (χ2v) is 14.3. The summed E-state index contributed by atoms with van der Waals surface area (Å²) in [7, 11) is -1.36. The minimum absolute atomic E-state index is 0.0229. The normalized spacial score (nSPS) is 12.4. The Morgan fingerprint density at radius 2 is 2.00 bits per heavy atom. The van der Waals surface area contributed by atoms with E-state index in [1.165, 1.54) is 19.2 Å². The Balaban J connectivity index is 2.84. The van der Waals surface area contributed by atoms with Gasteiger partial charge in [-0.2, -0.15) is 0 Å². The zero-order valence-corrected chi connectivity index (χ0v) is 18.9. The minimum Gasteiger partial charge on any atom is -0.476 e. The van der Waals surface area contributed by atoms with Crippen LogP contribution in [0.1, 0.15) is 19.5 Å². The van der Waals surface area contributed by atoms with E-state index >= 15 is 0 Å². The molecule has 0 fully saturated rings. The maximum Gasteiger partial charge on any atom is 0.360 e. The summed E-state index contributed by atoms with van der Waals surface area (Å²) in [6, 6.07) is 0.800. The zero-order valence-electron chi connectivity index (χ0n) is 16.4. The highest BCUT2D eigenvalue weighted by Crippen LogP contribution is 2.19. The van der Waals surface area contributed by atoms with Gasteiger partial charge in [0.2, 0.25) is 17.2 Å². The Hall–Kier alpha value is -1.98. The van der Waals surface area contributed by atoms with Gasteiger partial charge in [0.15, 0.2) is 5.13 Å². The molecule has 12 heteroatoms. The van der Waals surface area contributed by atoms with Crippen LogP contribution in [0.5, 0.6) is 0 Å². The lowest BCUT2D eigenvalue weighted by Gasteiger charge is -2.22. The maximum atomic E-state index is 12.2. The van der Waals surface area contributed by atoms with Crippen molar-refractivity contribution in [3.8, 4) is 0 Å². The van der Waals surface area contributed by atoms with Gasteiger partial charge in [0.25, 0.3) is 0 Å². The van der Waals surface area contributed by atoms with Crippen molar-refractivity contribution < 1.29 is 29.1 Å². The predicted molar refractivity (Wildman–Crippen MR) is 110 cm³/mol. The van der Waals surface area contributed by atoms with Crippen LogP contribution in [0.3, 0.4) is 0 Å². The van der Waals surface area contributed by atoms with Crippen LogP contribution in [0.25, 0.3) is 0 Å². The van der Waals surface area contributed by atoms with Crippen molar-refractivity contribution in [1.29, 1.82) is 0 Å². The number of alkyl halides is 1. The van der Waals surface area contributed by atoms with Gasteiger partial charge < -0.3 is 20.0 Å². The minimum atomic E-state index is -1.48. The third-order valence-corrected chi connectivity index (χ3v) is 5.96. The Morgan fingerprint density at radius 3 is 2.54 bits per heavy atom. The number of aliphatic carboxylic acids is 1. The fourth-order valence-electron chi connectivity index (χ4n) is 1.61. The number of anilines is 1. The number of aromatic nitrogens is 1. The Morgan fingerprint density at radius 1 is 1.36 bits per heavy atom. The molecule has 1 rings (SSSR count). The van der Waals surface area contributed by atoms with Gasteiger partial charge in [-0.3, -0.25) is 4.79 Å². The number of carboxylic acid groups (broad SMARTS) is 1. The summed E-state index contributed by atoms with van der Waals surface area (Å²) < 4.78 is 5.22. The van der Waals surface area contributed by atoms with Crippen molar-refractivity contribution in [2.24, 2.45) is 5.16 Å². The van der Waals surface area contributed by atoms with E-state index < -0.39 is 37.2 Å². The number of carbonyl (C=O) groups is 3. The number of esters is 1. The number of thiazole rings is 1. The van der Waals surface area contributed by atoms with E-state index in [4.69, 9.17) is 21.2 Å². The smallest absolute Gasteiger partial charge is 0.360 e. The molecule has 1 aromatic rings. The average molecular weight is 450 g/mol. The molecule has 0 radical (unpaired) electrons. The van der Waals surface area contributed by atoms with Gasteiger partial charge >= 0.3 is 11.9 Å². The summed E-state index contributed by atoms with van der Waals surface area (Å²) in [5.74, 6) is -2.78. The highest BCUT2D eigenvalue weighted by molar-refractivity contribution is 7.14. The first kappa shape index (κ1) is 24.1.